The van der Waals surface area contributed by atoms with Crippen molar-refractivity contribution in [3.05, 3.63) is 24.3 Å². The smallest absolute Gasteiger partial charge is 0.0433 e. The highest BCUT2D eigenvalue weighted by molar-refractivity contribution is 6.19. The zero-order valence-electron chi connectivity index (χ0n) is 12.3. The second-order valence-corrected chi connectivity index (χ2v) is 6.79. The first-order valence-electron chi connectivity index (χ1n) is 7.75. The third-order valence-corrected chi connectivity index (χ3v) is 5.44. The van der Waals surface area contributed by atoms with Gasteiger partial charge in [-0.1, -0.05) is 31.2 Å². The van der Waals surface area contributed by atoms with Crippen LogP contribution in [0.3, 0.4) is 0 Å². The van der Waals surface area contributed by atoms with Gasteiger partial charge in [0.05, 0.1) is 0 Å². The molecule has 1 saturated heterocycles. The summed E-state index contributed by atoms with van der Waals surface area (Å²) < 4.78 is 0. The molecule has 1 heterocycles. The van der Waals surface area contributed by atoms with Gasteiger partial charge in [0, 0.05) is 12.4 Å². The molecule has 1 aliphatic heterocycles. The molecule has 0 N–H and O–H groups in total. The number of likely N-dealkylation sites (tertiary alicyclic amines) is 1. The predicted molar refractivity (Wildman–Crippen MR) is 84.7 cm³/mol. The van der Waals surface area contributed by atoms with Crippen molar-refractivity contribution >= 4 is 11.6 Å². The molecule has 2 rings (SSSR count). The quantitative estimate of drug-likeness (QED) is 0.530. The molecular weight excluding hydrogens is 254 g/mol. The van der Waals surface area contributed by atoms with E-state index < -0.39 is 0 Å². The van der Waals surface area contributed by atoms with Crippen molar-refractivity contribution in [2.45, 2.75) is 39.0 Å². The molecule has 0 aromatic heterocycles. The normalized spacial score (nSPS) is 32.4. The Kier molecular flexibility index (Phi) is 5.53. The zero-order chi connectivity index (χ0) is 13.8. The lowest BCUT2D eigenvalue weighted by atomic mass is 9.70. The van der Waals surface area contributed by atoms with E-state index in [0.29, 0.717) is 17.7 Å². The minimum atomic E-state index is 0.603. The van der Waals surface area contributed by atoms with E-state index in [9.17, 15) is 0 Å². The molecule has 1 saturated carbocycles. The highest BCUT2D eigenvalue weighted by Crippen LogP contribution is 2.40. The van der Waals surface area contributed by atoms with Gasteiger partial charge in [0.1, 0.15) is 0 Å². The number of nitrogens with zero attached hydrogens (tertiary/aromatic N) is 1. The summed E-state index contributed by atoms with van der Waals surface area (Å²) in [6, 6.07) is 0. The van der Waals surface area contributed by atoms with E-state index in [2.05, 4.69) is 25.0 Å². The maximum Gasteiger partial charge on any atom is 0.0433 e. The molecule has 3 atom stereocenters. The summed E-state index contributed by atoms with van der Waals surface area (Å²) in [6.45, 7) is 14.5. The standard InChI is InChI=1S/C17H28ClN/c1-13-6-7-16(10-17(13)14(2)11-18)15(3)12-19-8-4-5-9-19/h13,16-17H,2-12H2,1H3. The minimum Gasteiger partial charge on any atom is -0.299 e. The second-order valence-electron chi connectivity index (χ2n) is 6.53. The first-order chi connectivity index (χ1) is 9.11. The Labute approximate surface area is 123 Å². The van der Waals surface area contributed by atoms with Crippen molar-refractivity contribution in [1.29, 1.82) is 0 Å². The molecule has 0 amide bonds. The van der Waals surface area contributed by atoms with Gasteiger partial charge in [0.2, 0.25) is 0 Å². The van der Waals surface area contributed by atoms with Crippen molar-refractivity contribution in [1.82, 2.24) is 4.90 Å². The lowest BCUT2D eigenvalue weighted by Crippen LogP contribution is -2.30. The molecule has 2 aliphatic rings. The number of hydrogen-bond acceptors (Lipinski definition) is 1. The van der Waals surface area contributed by atoms with Gasteiger partial charge in [-0.2, -0.15) is 0 Å². The lowest BCUT2D eigenvalue weighted by molar-refractivity contribution is 0.233. The average molecular weight is 282 g/mol. The second kappa shape index (κ2) is 6.95. The highest BCUT2D eigenvalue weighted by atomic mass is 35.5. The molecule has 0 radical (unpaired) electrons. The molecule has 0 aromatic rings. The molecule has 3 unspecified atom stereocenters. The summed E-state index contributed by atoms with van der Waals surface area (Å²) in [5.74, 6) is 2.63. The van der Waals surface area contributed by atoms with Gasteiger partial charge in [-0.15, -0.1) is 11.6 Å². The Morgan fingerprint density at radius 1 is 1.16 bits per heavy atom. The Hall–Kier alpha value is -0.270. The summed E-state index contributed by atoms with van der Waals surface area (Å²) in [4.78, 5) is 2.56. The van der Waals surface area contributed by atoms with Crippen LogP contribution in [0.15, 0.2) is 24.3 Å². The maximum atomic E-state index is 5.99. The van der Waals surface area contributed by atoms with Crippen LogP contribution in [0.2, 0.25) is 0 Å². The third kappa shape index (κ3) is 3.86. The Balaban J connectivity index is 1.89. The number of alkyl halides is 1. The fraction of sp³-hybridized carbons (Fsp3) is 0.765. The SMILES string of the molecule is C=C(CN1CCCC1)C1CCC(C)C(C(=C)CCl)C1. The van der Waals surface area contributed by atoms with Crippen LogP contribution in [-0.2, 0) is 0 Å². The Morgan fingerprint density at radius 3 is 2.47 bits per heavy atom. The highest BCUT2D eigenvalue weighted by Gasteiger charge is 2.30. The topological polar surface area (TPSA) is 3.24 Å². The number of rotatable bonds is 5. The first kappa shape index (κ1) is 15.1. The molecule has 2 fully saturated rings. The Bertz CT molecular complexity index is 330. The number of hydrogen-bond donors (Lipinski definition) is 0. The van der Waals surface area contributed by atoms with Gasteiger partial charge in [0.25, 0.3) is 0 Å². The summed E-state index contributed by atoms with van der Waals surface area (Å²) >= 11 is 5.99. The van der Waals surface area contributed by atoms with Crippen LogP contribution >= 0.6 is 11.6 Å². The van der Waals surface area contributed by atoms with Crippen LogP contribution in [-0.4, -0.2) is 30.4 Å². The molecule has 0 bridgehead atoms. The molecule has 108 valence electrons. The zero-order valence-corrected chi connectivity index (χ0v) is 13.1. The Morgan fingerprint density at radius 2 is 1.84 bits per heavy atom. The van der Waals surface area contributed by atoms with Crippen LogP contribution in [0.5, 0.6) is 0 Å². The maximum absolute atomic E-state index is 5.99. The van der Waals surface area contributed by atoms with Crippen LogP contribution < -0.4 is 0 Å². The van der Waals surface area contributed by atoms with Gasteiger partial charge in [0.15, 0.2) is 0 Å². The molecule has 19 heavy (non-hydrogen) atoms. The fourth-order valence-electron chi connectivity index (χ4n) is 3.72. The fourth-order valence-corrected chi connectivity index (χ4v) is 3.92. The molecule has 0 spiro atoms. The minimum absolute atomic E-state index is 0.603. The van der Waals surface area contributed by atoms with Gasteiger partial charge < -0.3 is 0 Å². The molecule has 0 aromatic carbocycles. The van der Waals surface area contributed by atoms with Crippen molar-refractivity contribution in [3.63, 3.8) is 0 Å². The van der Waals surface area contributed by atoms with Crippen LogP contribution in [0, 0.1) is 17.8 Å². The van der Waals surface area contributed by atoms with E-state index in [1.165, 1.54) is 56.3 Å². The van der Waals surface area contributed by atoms with E-state index in [1.54, 1.807) is 0 Å². The molecule has 1 nitrogen and oxygen atoms in total. The molecule has 1 aliphatic carbocycles. The largest absolute Gasteiger partial charge is 0.299 e. The van der Waals surface area contributed by atoms with Crippen molar-refractivity contribution < 1.29 is 0 Å². The van der Waals surface area contributed by atoms with Gasteiger partial charge >= 0.3 is 0 Å². The average Bonchev–Trinajstić information content (AvgIpc) is 2.91. The lowest BCUT2D eigenvalue weighted by Gasteiger charge is -2.37. The van der Waals surface area contributed by atoms with E-state index in [-0.39, 0.29) is 0 Å². The van der Waals surface area contributed by atoms with E-state index >= 15 is 0 Å². The van der Waals surface area contributed by atoms with Crippen molar-refractivity contribution in [3.8, 4) is 0 Å². The third-order valence-electron chi connectivity index (χ3n) is 5.09. The summed E-state index contributed by atoms with van der Waals surface area (Å²) in [6.07, 6.45) is 6.55. The van der Waals surface area contributed by atoms with Gasteiger partial charge in [-0.05, 0) is 62.9 Å². The van der Waals surface area contributed by atoms with Gasteiger partial charge in [-0.3, -0.25) is 4.90 Å². The number of halogens is 1. The first-order valence-corrected chi connectivity index (χ1v) is 8.29. The van der Waals surface area contributed by atoms with E-state index in [4.69, 9.17) is 11.6 Å². The monoisotopic (exact) mass is 281 g/mol. The van der Waals surface area contributed by atoms with E-state index in [0.717, 1.165) is 12.5 Å². The molecule has 2 heteroatoms. The van der Waals surface area contributed by atoms with Gasteiger partial charge in [-0.25, -0.2) is 0 Å². The van der Waals surface area contributed by atoms with Crippen LogP contribution in [0.25, 0.3) is 0 Å². The van der Waals surface area contributed by atoms with Crippen LogP contribution in [0.4, 0.5) is 0 Å². The number of allylic oxidation sites excluding steroid dienone is 1. The van der Waals surface area contributed by atoms with Crippen LogP contribution in [0.1, 0.15) is 39.0 Å². The summed E-state index contributed by atoms with van der Waals surface area (Å²) in [5.41, 5.74) is 2.68. The van der Waals surface area contributed by atoms with E-state index in [1.807, 2.05) is 0 Å². The molecular formula is C17H28ClN. The summed E-state index contributed by atoms with van der Waals surface area (Å²) in [5, 5.41) is 0. The van der Waals surface area contributed by atoms with Crippen molar-refractivity contribution in [2.75, 3.05) is 25.5 Å². The summed E-state index contributed by atoms with van der Waals surface area (Å²) in [7, 11) is 0. The predicted octanol–water partition coefficient (Wildman–Crippen LogP) is 4.49. The van der Waals surface area contributed by atoms with Crippen molar-refractivity contribution in [2.24, 2.45) is 17.8 Å².